The second-order valence-corrected chi connectivity index (χ2v) is 3.54. The fourth-order valence-corrected chi connectivity index (χ4v) is 0.849. The molecule has 0 aromatic carbocycles. The molecule has 0 saturated carbocycles. The van der Waals surface area contributed by atoms with Crippen LogP contribution in [0.3, 0.4) is 0 Å². The summed E-state index contributed by atoms with van der Waals surface area (Å²) in [6.07, 6.45) is 1.37. The van der Waals surface area contributed by atoms with Gasteiger partial charge in [0.25, 0.3) is 0 Å². The molecule has 78 valence electrons. The Balaban J connectivity index is 3.00. The lowest BCUT2D eigenvalue weighted by Gasteiger charge is -2.05. The van der Waals surface area contributed by atoms with Crippen LogP contribution in [0.25, 0.3) is 0 Å². The Kier molecular flexibility index (Phi) is 3.08. The summed E-state index contributed by atoms with van der Waals surface area (Å²) in [7, 11) is 0. The number of nitrogens with zero attached hydrogens (tertiary/aromatic N) is 1. The van der Waals surface area contributed by atoms with Crippen LogP contribution in [0, 0.1) is 11.8 Å². The summed E-state index contributed by atoms with van der Waals surface area (Å²) < 4.78 is 0. The van der Waals surface area contributed by atoms with Crippen LogP contribution < -0.4 is 0 Å². The molecule has 1 aromatic heterocycles. The predicted octanol–water partition coefficient (Wildman–Crippen LogP) is 0.902. The number of rotatable bonds is 1. The van der Waals surface area contributed by atoms with Crippen LogP contribution in [0.2, 0.25) is 0 Å². The molecule has 0 atom stereocenters. The van der Waals surface area contributed by atoms with Crippen LogP contribution in [-0.4, -0.2) is 26.8 Å². The van der Waals surface area contributed by atoms with E-state index < -0.39 is 11.6 Å². The van der Waals surface area contributed by atoms with E-state index >= 15 is 0 Å². The number of hydrogen-bond acceptors (Lipinski definition) is 3. The second-order valence-electron chi connectivity index (χ2n) is 3.54. The number of carboxylic acids is 1. The van der Waals surface area contributed by atoms with Gasteiger partial charge in [-0.1, -0.05) is 5.92 Å². The molecule has 0 aliphatic carbocycles. The standard InChI is InChI=1S/C11H11NO3/c1-11(2,15)5-3-9-7-8(10(13)14)4-6-12-9/h4,6-7,15H,1-2H3,(H,13,14). The number of aromatic carboxylic acids is 1. The van der Waals surface area contributed by atoms with Crippen molar-refractivity contribution in [2.24, 2.45) is 0 Å². The smallest absolute Gasteiger partial charge is 0.335 e. The molecule has 1 rings (SSSR count). The molecule has 0 unspecified atom stereocenters. The number of carboxylic acid groups (broad SMARTS) is 1. The van der Waals surface area contributed by atoms with Gasteiger partial charge in [0, 0.05) is 6.20 Å². The molecule has 0 amide bonds. The average molecular weight is 205 g/mol. The third kappa shape index (κ3) is 3.79. The number of hydrogen-bond donors (Lipinski definition) is 2. The summed E-state index contributed by atoms with van der Waals surface area (Å²) in [5.41, 5.74) is -0.650. The molecule has 0 bridgehead atoms. The van der Waals surface area contributed by atoms with Gasteiger partial charge in [0.1, 0.15) is 11.3 Å². The second kappa shape index (κ2) is 4.11. The molecular formula is C11H11NO3. The highest BCUT2D eigenvalue weighted by Gasteiger charge is 2.06. The van der Waals surface area contributed by atoms with Crippen molar-refractivity contribution in [3.63, 3.8) is 0 Å². The van der Waals surface area contributed by atoms with Gasteiger partial charge >= 0.3 is 5.97 Å². The Bertz CT molecular complexity index is 435. The summed E-state index contributed by atoms with van der Waals surface area (Å²) in [6.45, 7) is 3.09. The van der Waals surface area contributed by atoms with E-state index in [9.17, 15) is 9.90 Å². The van der Waals surface area contributed by atoms with E-state index in [-0.39, 0.29) is 5.56 Å². The molecule has 0 radical (unpaired) electrons. The maximum atomic E-state index is 10.6. The normalized spacial score (nSPS) is 10.3. The van der Waals surface area contributed by atoms with Crippen LogP contribution in [-0.2, 0) is 0 Å². The lowest BCUT2D eigenvalue weighted by Crippen LogP contribution is -2.14. The zero-order chi connectivity index (χ0) is 11.5. The third-order valence-electron chi connectivity index (χ3n) is 1.50. The molecule has 0 spiro atoms. The maximum absolute atomic E-state index is 10.6. The zero-order valence-corrected chi connectivity index (χ0v) is 8.48. The van der Waals surface area contributed by atoms with Crippen molar-refractivity contribution in [3.8, 4) is 11.8 Å². The highest BCUT2D eigenvalue weighted by atomic mass is 16.4. The summed E-state index contributed by atoms with van der Waals surface area (Å²) in [5, 5.41) is 18.1. The van der Waals surface area contributed by atoms with Crippen LogP contribution in [0.4, 0.5) is 0 Å². The van der Waals surface area contributed by atoms with Crippen molar-refractivity contribution in [1.82, 2.24) is 4.98 Å². The van der Waals surface area contributed by atoms with E-state index in [4.69, 9.17) is 5.11 Å². The minimum absolute atomic E-state index is 0.130. The lowest BCUT2D eigenvalue weighted by molar-refractivity contribution is 0.0696. The van der Waals surface area contributed by atoms with Crippen LogP contribution in [0.15, 0.2) is 18.3 Å². The predicted molar refractivity (Wildman–Crippen MR) is 54.4 cm³/mol. The van der Waals surface area contributed by atoms with E-state index in [2.05, 4.69) is 16.8 Å². The van der Waals surface area contributed by atoms with Crippen LogP contribution >= 0.6 is 0 Å². The van der Waals surface area contributed by atoms with Crippen molar-refractivity contribution >= 4 is 5.97 Å². The van der Waals surface area contributed by atoms with E-state index in [0.29, 0.717) is 5.69 Å². The number of carbonyl (C=O) groups is 1. The highest BCUT2D eigenvalue weighted by molar-refractivity contribution is 5.87. The Morgan fingerprint density at radius 2 is 2.20 bits per heavy atom. The molecule has 0 aliphatic heterocycles. The summed E-state index contributed by atoms with van der Waals surface area (Å²) >= 11 is 0. The van der Waals surface area contributed by atoms with Crippen molar-refractivity contribution in [1.29, 1.82) is 0 Å². The Labute approximate surface area is 87.6 Å². The van der Waals surface area contributed by atoms with Gasteiger partial charge in [-0.2, -0.15) is 0 Å². The third-order valence-corrected chi connectivity index (χ3v) is 1.50. The average Bonchev–Trinajstić information content (AvgIpc) is 2.14. The first-order valence-corrected chi connectivity index (χ1v) is 4.33. The fourth-order valence-electron chi connectivity index (χ4n) is 0.849. The van der Waals surface area contributed by atoms with Gasteiger partial charge in [-0.05, 0) is 31.9 Å². The van der Waals surface area contributed by atoms with Gasteiger partial charge in [0.2, 0.25) is 0 Å². The van der Waals surface area contributed by atoms with Crippen LogP contribution in [0.1, 0.15) is 29.9 Å². The summed E-state index contributed by atoms with van der Waals surface area (Å²) in [6, 6.07) is 2.75. The topological polar surface area (TPSA) is 70.4 Å². The van der Waals surface area contributed by atoms with Crippen molar-refractivity contribution in [3.05, 3.63) is 29.6 Å². The largest absolute Gasteiger partial charge is 0.478 e. The highest BCUT2D eigenvalue weighted by Crippen LogP contribution is 2.02. The van der Waals surface area contributed by atoms with Crippen LogP contribution in [0.5, 0.6) is 0 Å². The first-order chi connectivity index (χ1) is 6.88. The van der Waals surface area contributed by atoms with Crippen molar-refractivity contribution < 1.29 is 15.0 Å². The minimum atomic E-state index is -1.11. The first kappa shape index (κ1) is 11.2. The molecule has 4 heteroatoms. The van der Waals surface area contributed by atoms with Gasteiger partial charge in [-0.25, -0.2) is 9.78 Å². The van der Waals surface area contributed by atoms with E-state index in [1.807, 2.05) is 0 Å². The van der Waals surface area contributed by atoms with E-state index in [0.717, 1.165) is 0 Å². The van der Waals surface area contributed by atoms with Gasteiger partial charge in [0.15, 0.2) is 0 Å². The molecule has 0 aliphatic rings. The molecule has 2 N–H and O–H groups in total. The number of aliphatic hydroxyl groups is 1. The molecule has 4 nitrogen and oxygen atoms in total. The van der Waals surface area contributed by atoms with Gasteiger partial charge < -0.3 is 10.2 Å². The molecule has 1 aromatic rings. The van der Waals surface area contributed by atoms with E-state index in [1.165, 1.54) is 18.3 Å². The number of pyridine rings is 1. The molecule has 0 saturated heterocycles. The fraction of sp³-hybridized carbons (Fsp3) is 0.273. The Morgan fingerprint density at radius 3 is 2.73 bits per heavy atom. The zero-order valence-electron chi connectivity index (χ0n) is 8.48. The van der Waals surface area contributed by atoms with Gasteiger partial charge in [-0.3, -0.25) is 0 Å². The monoisotopic (exact) mass is 205 g/mol. The van der Waals surface area contributed by atoms with Gasteiger partial charge in [-0.15, -0.1) is 0 Å². The maximum Gasteiger partial charge on any atom is 0.335 e. The van der Waals surface area contributed by atoms with Crippen molar-refractivity contribution in [2.45, 2.75) is 19.4 Å². The van der Waals surface area contributed by atoms with E-state index in [1.54, 1.807) is 13.8 Å². The summed E-state index contributed by atoms with van der Waals surface area (Å²) in [4.78, 5) is 14.5. The minimum Gasteiger partial charge on any atom is -0.478 e. The first-order valence-electron chi connectivity index (χ1n) is 4.33. The molecule has 1 heterocycles. The SMILES string of the molecule is CC(C)(O)C#Cc1cc(C(=O)O)ccn1. The molecule has 15 heavy (non-hydrogen) atoms. The molecule has 0 fully saturated rings. The number of aromatic nitrogens is 1. The quantitative estimate of drug-likeness (QED) is 0.668. The van der Waals surface area contributed by atoms with Crippen molar-refractivity contribution in [2.75, 3.05) is 0 Å². The lowest BCUT2D eigenvalue weighted by atomic mass is 10.1. The summed E-state index contributed by atoms with van der Waals surface area (Å²) in [5.74, 6) is 4.14. The Hall–Kier alpha value is -1.86. The van der Waals surface area contributed by atoms with Gasteiger partial charge in [0.05, 0.1) is 5.56 Å². The molecular weight excluding hydrogens is 194 g/mol. The Morgan fingerprint density at radius 1 is 1.53 bits per heavy atom.